The molecule has 1 N–H and O–H groups in total. The Hall–Kier alpha value is -0.620. The molecule has 0 bridgehead atoms. The van der Waals surface area contributed by atoms with Gasteiger partial charge in [0.2, 0.25) is 0 Å². The van der Waals surface area contributed by atoms with Gasteiger partial charge in [-0.25, -0.2) is 0 Å². The quantitative estimate of drug-likeness (QED) is 0.646. The Labute approximate surface area is 131 Å². The van der Waals surface area contributed by atoms with E-state index in [-0.39, 0.29) is 0 Å². The first-order valence-electron chi connectivity index (χ1n) is 5.73. The van der Waals surface area contributed by atoms with E-state index in [0.29, 0.717) is 16.9 Å². The summed E-state index contributed by atoms with van der Waals surface area (Å²) in [5.41, 5.74) is 1.15. The van der Waals surface area contributed by atoms with E-state index in [1.54, 1.807) is 17.4 Å². The van der Waals surface area contributed by atoms with Crippen molar-refractivity contribution >= 4 is 53.3 Å². The van der Waals surface area contributed by atoms with Gasteiger partial charge in [0.1, 0.15) is 11.9 Å². The van der Waals surface area contributed by atoms with E-state index < -0.39 is 6.10 Å². The van der Waals surface area contributed by atoms with Crippen LogP contribution in [-0.2, 0) is 6.42 Å². The molecule has 0 amide bonds. The summed E-state index contributed by atoms with van der Waals surface area (Å²) in [7, 11) is 0. The first-order valence-corrected chi connectivity index (χ1v) is 8.19. The molecule has 0 spiro atoms. The van der Waals surface area contributed by atoms with E-state index in [1.165, 1.54) is 10.1 Å². The number of fused-ring (bicyclic) bond motifs is 1. The smallest absolute Gasteiger partial charge is 0.183 e. The second-order valence-electron chi connectivity index (χ2n) is 4.25. The van der Waals surface area contributed by atoms with Gasteiger partial charge >= 0.3 is 0 Å². The molecular formula is C14H10Br2O2S. The van der Waals surface area contributed by atoms with Crippen molar-refractivity contribution in [3.05, 3.63) is 56.2 Å². The van der Waals surface area contributed by atoms with Gasteiger partial charge in [0, 0.05) is 11.1 Å². The fraction of sp³-hybridized carbons (Fsp3) is 0.143. The summed E-state index contributed by atoms with van der Waals surface area (Å²) >= 11 is 8.33. The van der Waals surface area contributed by atoms with Crippen molar-refractivity contribution in [1.29, 1.82) is 0 Å². The molecule has 2 heterocycles. The topological polar surface area (TPSA) is 33.4 Å². The van der Waals surface area contributed by atoms with Crippen molar-refractivity contribution in [1.82, 2.24) is 0 Å². The van der Waals surface area contributed by atoms with Crippen molar-refractivity contribution in [2.45, 2.75) is 12.5 Å². The zero-order chi connectivity index (χ0) is 13.4. The van der Waals surface area contributed by atoms with Crippen LogP contribution in [-0.4, -0.2) is 5.11 Å². The Bertz CT molecular complexity index is 698. The molecular weight excluding hydrogens is 392 g/mol. The summed E-state index contributed by atoms with van der Waals surface area (Å²) < 4.78 is 8.13. The van der Waals surface area contributed by atoms with Gasteiger partial charge in [-0.05, 0) is 60.3 Å². The number of rotatable bonds is 3. The molecule has 2 aromatic heterocycles. The van der Waals surface area contributed by atoms with Crippen molar-refractivity contribution in [2.75, 3.05) is 0 Å². The van der Waals surface area contributed by atoms with Gasteiger partial charge in [-0.3, -0.25) is 0 Å². The molecule has 0 radical (unpaired) electrons. The number of aliphatic hydroxyl groups is 1. The maximum absolute atomic E-state index is 10.3. The Morgan fingerprint density at radius 1 is 1.26 bits per heavy atom. The molecule has 0 aliphatic heterocycles. The number of halogens is 2. The molecule has 2 nitrogen and oxygen atoms in total. The molecule has 0 aliphatic carbocycles. The van der Waals surface area contributed by atoms with Crippen LogP contribution in [0.5, 0.6) is 0 Å². The van der Waals surface area contributed by atoms with Crippen LogP contribution in [0.1, 0.15) is 17.4 Å². The standard InChI is InChI=1S/C14H10Br2O2S/c15-10-6-12(18-14(10)16)11(17)5-8-7-19-13-4-2-1-3-9(8)13/h1-4,6-7,11,17H,5H2. The van der Waals surface area contributed by atoms with Gasteiger partial charge in [0.15, 0.2) is 4.67 Å². The summed E-state index contributed by atoms with van der Waals surface area (Å²) in [6, 6.07) is 10.0. The monoisotopic (exact) mass is 400 g/mol. The number of aliphatic hydroxyl groups excluding tert-OH is 1. The molecule has 3 rings (SSSR count). The van der Waals surface area contributed by atoms with Gasteiger partial charge in [-0.2, -0.15) is 0 Å². The first kappa shape index (κ1) is 13.4. The summed E-state index contributed by atoms with van der Waals surface area (Å²) in [5.74, 6) is 0.564. The number of hydrogen-bond donors (Lipinski definition) is 1. The summed E-state index contributed by atoms with van der Waals surface area (Å²) in [6.07, 6.45) is -0.0863. The maximum atomic E-state index is 10.3. The molecule has 0 saturated carbocycles. The van der Waals surface area contributed by atoms with Crippen LogP contribution in [0.25, 0.3) is 10.1 Å². The zero-order valence-corrected chi connectivity index (χ0v) is 13.8. The van der Waals surface area contributed by atoms with E-state index in [4.69, 9.17) is 4.42 Å². The van der Waals surface area contributed by atoms with Crippen molar-refractivity contribution in [3.63, 3.8) is 0 Å². The summed E-state index contributed by atoms with van der Waals surface area (Å²) in [5, 5.41) is 13.6. The lowest BCUT2D eigenvalue weighted by atomic mass is 10.1. The normalized spacial score (nSPS) is 13.0. The van der Waals surface area contributed by atoms with Crippen LogP contribution >= 0.6 is 43.2 Å². The molecule has 0 fully saturated rings. The van der Waals surface area contributed by atoms with Gasteiger partial charge in [0.25, 0.3) is 0 Å². The van der Waals surface area contributed by atoms with Crippen LogP contribution in [0, 0.1) is 0 Å². The molecule has 98 valence electrons. The molecule has 3 aromatic rings. The summed E-state index contributed by atoms with van der Waals surface area (Å²) in [4.78, 5) is 0. The number of hydrogen-bond acceptors (Lipinski definition) is 3. The molecule has 5 heteroatoms. The fourth-order valence-electron chi connectivity index (χ4n) is 2.03. The van der Waals surface area contributed by atoms with Crippen LogP contribution in [0.2, 0.25) is 0 Å². The van der Waals surface area contributed by atoms with E-state index in [9.17, 15) is 5.11 Å². The Morgan fingerprint density at radius 3 is 2.79 bits per heavy atom. The lowest BCUT2D eigenvalue weighted by Crippen LogP contribution is -1.99. The molecule has 19 heavy (non-hydrogen) atoms. The zero-order valence-electron chi connectivity index (χ0n) is 9.77. The predicted octanol–water partition coefficient (Wildman–Crippen LogP) is 5.30. The van der Waals surface area contributed by atoms with Crippen molar-refractivity contribution < 1.29 is 9.52 Å². The fourth-order valence-corrected chi connectivity index (χ4v) is 3.61. The van der Waals surface area contributed by atoms with E-state index in [0.717, 1.165) is 10.0 Å². The van der Waals surface area contributed by atoms with Gasteiger partial charge in [-0.15, -0.1) is 11.3 Å². The van der Waals surface area contributed by atoms with Crippen LogP contribution in [0.3, 0.4) is 0 Å². The average Bonchev–Trinajstić information content (AvgIpc) is 2.95. The minimum Gasteiger partial charge on any atom is -0.450 e. The third kappa shape index (κ3) is 2.65. The highest BCUT2D eigenvalue weighted by molar-refractivity contribution is 9.13. The van der Waals surface area contributed by atoms with Gasteiger partial charge in [0.05, 0.1) is 4.47 Å². The van der Waals surface area contributed by atoms with Crippen LogP contribution in [0.4, 0.5) is 0 Å². The average molecular weight is 402 g/mol. The highest BCUT2D eigenvalue weighted by Gasteiger charge is 2.17. The number of furan rings is 1. The highest BCUT2D eigenvalue weighted by Crippen LogP contribution is 2.33. The number of thiophene rings is 1. The minimum atomic E-state index is -0.638. The van der Waals surface area contributed by atoms with Crippen LogP contribution < -0.4 is 0 Å². The first-order chi connectivity index (χ1) is 9.15. The largest absolute Gasteiger partial charge is 0.450 e. The van der Waals surface area contributed by atoms with E-state index in [1.807, 2.05) is 12.1 Å². The van der Waals surface area contributed by atoms with Crippen molar-refractivity contribution in [3.8, 4) is 0 Å². The SMILES string of the molecule is OC(Cc1csc2ccccc12)c1cc(Br)c(Br)o1. The predicted molar refractivity (Wildman–Crippen MR) is 84.6 cm³/mol. The molecule has 0 saturated heterocycles. The van der Waals surface area contributed by atoms with Gasteiger partial charge in [-0.1, -0.05) is 18.2 Å². The minimum absolute atomic E-state index is 0.552. The van der Waals surface area contributed by atoms with Gasteiger partial charge < -0.3 is 9.52 Å². The van der Waals surface area contributed by atoms with Crippen molar-refractivity contribution in [2.24, 2.45) is 0 Å². The third-order valence-corrected chi connectivity index (χ3v) is 5.69. The maximum Gasteiger partial charge on any atom is 0.183 e. The Morgan fingerprint density at radius 2 is 2.05 bits per heavy atom. The second-order valence-corrected chi connectivity index (χ2v) is 6.73. The molecule has 1 unspecified atom stereocenters. The molecule has 1 aromatic carbocycles. The Kier molecular flexibility index (Phi) is 3.80. The highest BCUT2D eigenvalue weighted by atomic mass is 79.9. The van der Waals surface area contributed by atoms with E-state index in [2.05, 4.69) is 49.4 Å². The lowest BCUT2D eigenvalue weighted by molar-refractivity contribution is 0.149. The second kappa shape index (κ2) is 5.40. The molecule has 0 aliphatic rings. The lowest BCUT2D eigenvalue weighted by Gasteiger charge is -2.06. The van der Waals surface area contributed by atoms with E-state index >= 15 is 0 Å². The van der Waals surface area contributed by atoms with Crippen LogP contribution in [0.15, 0.2) is 49.3 Å². The third-order valence-electron chi connectivity index (χ3n) is 2.97. The number of benzene rings is 1. The summed E-state index contributed by atoms with van der Waals surface area (Å²) in [6.45, 7) is 0. The Balaban J connectivity index is 1.88. The molecule has 1 atom stereocenters.